The number of carboxylic acid groups (broad SMARTS) is 1. The maximum Gasteiger partial charge on any atom is 0.315 e. The molecule has 0 aromatic heterocycles. The first-order valence-corrected chi connectivity index (χ1v) is 4.09. The van der Waals surface area contributed by atoms with Gasteiger partial charge in [0.05, 0.1) is 0 Å². The van der Waals surface area contributed by atoms with Gasteiger partial charge in [-0.25, -0.2) is 8.78 Å². The number of halogens is 2. The average Bonchev–Trinajstić information content (AvgIpc) is 2.03. The highest BCUT2D eigenvalue weighted by atomic mass is 19.3. The Bertz CT molecular complexity index is 204. The Kier molecular flexibility index (Phi) is 2.56. The molecule has 13 heavy (non-hydrogen) atoms. The third kappa shape index (κ3) is 1.65. The first kappa shape index (κ1) is 10.4. The highest BCUT2D eigenvalue weighted by Crippen LogP contribution is 2.44. The van der Waals surface area contributed by atoms with Crippen molar-refractivity contribution in [2.75, 3.05) is 13.2 Å². The van der Waals surface area contributed by atoms with Crippen LogP contribution in [0.4, 0.5) is 8.78 Å². The Morgan fingerprint density at radius 2 is 1.92 bits per heavy atom. The summed E-state index contributed by atoms with van der Waals surface area (Å²) in [4.78, 5) is 10.8. The fourth-order valence-corrected chi connectivity index (χ4v) is 1.56. The van der Waals surface area contributed by atoms with E-state index in [0.29, 0.717) is 6.92 Å². The third-order valence-electron chi connectivity index (χ3n) is 2.60. The summed E-state index contributed by atoms with van der Waals surface area (Å²) in [6.45, 7) is 0.845. The van der Waals surface area contributed by atoms with Gasteiger partial charge in [-0.2, -0.15) is 0 Å². The molecule has 1 aliphatic rings. The third-order valence-corrected chi connectivity index (χ3v) is 2.60. The van der Waals surface area contributed by atoms with Gasteiger partial charge in [-0.3, -0.25) is 4.79 Å². The van der Waals surface area contributed by atoms with Gasteiger partial charge in [-0.05, 0) is 12.8 Å². The minimum atomic E-state index is -3.19. The van der Waals surface area contributed by atoms with Gasteiger partial charge in [0.25, 0.3) is 5.92 Å². The van der Waals surface area contributed by atoms with Crippen molar-refractivity contribution in [3.63, 3.8) is 0 Å². The number of aliphatic carboxylic acids is 1. The minimum Gasteiger partial charge on any atom is -0.481 e. The average molecular weight is 194 g/mol. The van der Waals surface area contributed by atoms with Crippen molar-refractivity contribution in [2.45, 2.75) is 25.7 Å². The molecule has 1 saturated heterocycles. The lowest BCUT2D eigenvalue weighted by Crippen LogP contribution is -2.49. The van der Waals surface area contributed by atoms with Crippen molar-refractivity contribution in [3.8, 4) is 0 Å². The number of ether oxygens (including phenoxy) is 1. The molecule has 1 heterocycles. The molecule has 0 saturated carbocycles. The lowest BCUT2D eigenvalue weighted by atomic mass is 9.75. The van der Waals surface area contributed by atoms with E-state index in [-0.39, 0.29) is 26.1 Å². The first-order chi connectivity index (χ1) is 5.90. The molecular formula is C8H12F2O3. The van der Waals surface area contributed by atoms with Crippen LogP contribution >= 0.6 is 0 Å². The summed E-state index contributed by atoms with van der Waals surface area (Å²) in [5.41, 5.74) is -1.93. The smallest absolute Gasteiger partial charge is 0.315 e. The molecule has 0 radical (unpaired) electrons. The van der Waals surface area contributed by atoms with E-state index >= 15 is 0 Å². The van der Waals surface area contributed by atoms with Crippen molar-refractivity contribution in [3.05, 3.63) is 0 Å². The van der Waals surface area contributed by atoms with E-state index in [1.54, 1.807) is 0 Å². The lowest BCUT2D eigenvalue weighted by Gasteiger charge is -2.37. The van der Waals surface area contributed by atoms with E-state index < -0.39 is 17.3 Å². The summed E-state index contributed by atoms with van der Waals surface area (Å²) < 4.78 is 31.0. The molecular weight excluding hydrogens is 182 g/mol. The van der Waals surface area contributed by atoms with Crippen molar-refractivity contribution < 1.29 is 23.4 Å². The summed E-state index contributed by atoms with van der Waals surface area (Å²) in [5, 5.41) is 8.79. The highest BCUT2D eigenvalue weighted by Gasteiger charge is 2.56. The molecule has 0 unspecified atom stereocenters. The summed E-state index contributed by atoms with van der Waals surface area (Å²) in [7, 11) is 0. The summed E-state index contributed by atoms with van der Waals surface area (Å²) in [6.07, 6.45) is -0.238. The lowest BCUT2D eigenvalue weighted by molar-refractivity contribution is -0.190. The van der Waals surface area contributed by atoms with E-state index in [4.69, 9.17) is 9.84 Å². The number of hydrogen-bond acceptors (Lipinski definition) is 2. The van der Waals surface area contributed by atoms with Crippen LogP contribution in [0, 0.1) is 5.41 Å². The van der Waals surface area contributed by atoms with Crippen LogP contribution < -0.4 is 0 Å². The van der Waals surface area contributed by atoms with Crippen LogP contribution in [0.15, 0.2) is 0 Å². The van der Waals surface area contributed by atoms with Crippen LogP contribution in [0.2, 0.25) is 0 Å². The standard InChI is InChI=1S/C8H12F2O3/c1-7(9,10)8(6(11)12)2-4-13-5-3-8/h2-5H2,1H3,(H,11,12). The number of carboxylic acids is 1. The summed E-state index contributed by atoms with van der Waals surface area (Å²) in [6, 6.07) is 0. The molecule has 0 bridgehead atoms. The number of carbonyl (C=O) groups is 1. The first-order valence-electron chi connectivity index (χ1n) is 4.09. The van der Waals surface area contributed by atoms with Gasteiger partial charge in [0, 0.05) is 20.1 Å². The van der Waals surface area contributed by atoms with Crippen LogP contribution in [0.3, 0.4) is 0 Å². The zero-order chi connectivity index (χ0) is 10.1. The Hall–Kier alpha value is -0.710. The van der Waals surface area contributed by atoms with Gasteiger partial charge < -0.3 is 9.84 Å². The van der Waals surface area contributed by atoms with Crippen LogP contribution in [0.1, 0.15) is 19.8 Å². The molecule has 0 aliphatic carbocycles. The Balaban J connectivity index is 2.93. The van der Waals surface area contributed by atoms with E-state index in [0.717, 1.165) is 0 Å². The molecule has 1 aliphatic heterocycles. The second-order valence-corrected chi connectivity index (χ2v) is 3.39. The van der Waals surface area contributed by atoms with Crippen LogP contribution in [0.25, 0.3) is 0 Å². The van der Waals surface area contributed by atoms with E-state index in [1.807, 2.05) is 0 Å². The monoisotopic (exact) mass is 194 g/mol. The second-order valence-electron chi connectivity index (χ2n) is 3.39. The van der Waals surface area contributed by atoms with Crippen molar-refractivity contribution in [1.29, 1.82) is 0 Å². The predicted molar refractivity (Wildman–Crippen MR) is 40.7 cm³/mol. The van der Waals surface area contributed by atoms with Gasteiger partial charge in [-0.15, -0.1) is 0 Å². The van der Waals surface area contributed by atoms with Crippen LogP contribution in [0.5, 0.6) is 0 Å². The van der Waals surface area contributed by atoms with Gasteiger partial charge in [0.15, 0.2) is 0 Å². The molecule has 3 nitrogen and oxygen atoms in total. The molecule has 0 aromatic carbocycles. The summed E-state index contributed by atoms with van der Waals surface area (Å²) >= 11 is 0. The van der Waals surface area contributed by atoms with Crippen LogP contribution in [-0.4, -0.2) is 30.2 Å². The molecule has 1 N–H and O–H groups in total. The number of rotatable bonds is 2. The van der Waals surface area contributed by atoms with Crippen molar-refractivity contribution in [1.82, 2.24) is 0 Å². The SMILES string of the molecule is CC(F)(F)C1(C(=O)O)CCOCC1. The van der Waals surface area contributed by atoms with Gasteiger partial charge in [-0.1, -0.05) is 0 Å². The molecule has 0 amide bonds. The second kappa shape index (κ2) is 3.21. The molecule has 1 fully saturated rings. The zero-order valence-electron chi connectivity index (χ0n) is 7.35. The highest BCUT2D eigenvalue weighted by molar-refractivity contribution is 5.76. The van der Waals surface area contributed by atoms with E-state index in [9.17, 15) is 13.6 Å². The van der Waals surface area contributed by atoms with Gasteiger partial charge >= 0.3 is 5.97 Å². The maximum absolute atomic E-state index is 13.1. The van der Waals surface area contributed by atoms with Crippen LogP contribution in [-0.2, 0) is 9.53 Å². The number of alkyl halides is 2. The maximum atomic E-state index is 13.1. The molecule has 1 rings (SSSR count). The van der Waals surface area contributed by atoms with Gasteiger partial charge in [0.1, 0.15) is 5.41 Å². The van der Waals surface area contributed by atoms with Crippen molar-refractivity contribution >= 4 is 5.97 Å². The molecule has 5 heteroatoms. The normalized spacial score (nSPS) is 22.7. The minimum absolute atomic E-state index is 0.0930. The predicted octanol–water partition coefficient (Wildman–Crippen LogP) is 1.52. The molecule has 0 aromatic rings. The zero-order valence-corrected chi connectivity index (χ0v) is 7.35. The Labute approximate surface area is 74.7 Å². The molecule has 0 spiro atoms. The largest absolute Gasteiger partial charge is 0.481 e. The molecule has 76 valence electrons. The number of hydrogen-bond donors (Lipinski definition) is 1. The van der Waals surface area contributed by atoms with E-state index in [2.05, 4.69) is 0 Å². The fraction of sp³-hybridized carbons (Fsp3) is 0.875. The molecule has 0 atom stereocenters. The quantitative estimate of drug-likeness (QED) is 0.725. The Morgan fingerprint density at radius 1 is 1.46 bits per heavy atom. The summed E-state index contributed by atoms with van der Waals surface area (Å²) in [5.74, 6) is -4.62. The topological polar surface area (TPSA) is 46.5 Å². The van der Waals surface area contributed by atoms with Gasteiger partial charge in [0.2, 0.25) is 0 Å². The van der Waals surface area contributed by atoms with E-state index in [1.165, 1.54) is 0 Å². The fourth-order valence-electron chi connectivity index (χ4n) is 1.56. The Morgan fingerprint density at radius 3 is 2.15 bits per heavy atom. The van der Waals surface area contributed by atoms with Crippen molar-refractivity contribution in [2.24, 2.45) is 5.41 Å².